The van der Waals surface area contributed by atoms with E-state index in [1.54, 1.807) is 6.07 Å². The Morgan fingerprint density at radius 3 is 2.75 bits per heavy atom. The van der Waals surface area contributed by atoms with Gasteiger partial charge in [-0.25, -0.2) is 12.7 Å². The minimum absolute atomic E-state index is 0.478. The maximum absolute atomic E-state index is 11.5. The van der Waals surface area contributed by atoms with Gasteiger partial charge in [-0.2, -0.15) is 0 Å². The number of fused-ring (bicyclic) bond motifs is 1. The maximum Gasteiger partial charge on any atom is 0.211 e. The van der Waals surface area contributed by atoms with E-state index < -0.39 is 10.0 Å². The molecular weight excluding hydrogens is 371 g/mol. The molecule has 0 atom stereocenters. The van der Waals surface area contributed by atoms with E-state index >= 15 is 0 Å². The lowest BCUT2D eigenvalue weighted by molar-refractivity contribution is 0.342. The van der Waals surface area contributed by atoms with Crippen molar-refractivity contribution in [1.82, 2.24) is 9.62 Å². The largest absolute Gasteiger partial charge is 0.487 e. The van der Waals surface area contributed by atoms with Crippen molar-refractivity contribution >= 4 is 39.3 Å². The average molecular weight is 393 g/mol. The lowest BCUT2D eigenvalue weighted by atomic mass is 10.1. The van der Waals surface area contributed by atoms with Crippen LogP contribution in [0.2, 0.25) is 10.0 Å². The molecule has 134 valence electrons. The predicted octanol–water partition coefficient (Wildman–Crippen LogP) is 3.03. The molecule has 1 aliphatic heterocycles. The summed E-state index contributed by atoms with van der Waals surface area (Å²) < 4.78 is 30.2. The molecule has 0 bridgehead atoms. The molecule has 1 aromatic carbocycles. The predicted molar refractivity (Wildman–Crippen MR) is 99.5 cm³/mol. The first-order valence-corrected chi connectivity index (χ1v) is 10.4. The number of hydrogen-bond donors (Lipinski definition) is 1. The molecule has 24 heavy (non-hydrogen) atoms. The Bertz CT molecular complexity index is 720. The van der Waals surface area contributed by atoms with Crippen molar-refractivity contribution in [2.45, 2.75) is 13.3 Å². The number of nitrogens with one attached hydrogen (secondary N) is 1. The average Bonchev–Trinajstić information content (AvgIpc) is 2.49. The molecule has 1 aliphatic rings. The van der Waals surface area contributed by atoms with Crippen LogP contribution in [-0.4, -0.2) is 51.8 Å². The van der Waals surface area contributed by atoms with E-state index in [4.69, 9.17) is 27.9 Å². The second-order valence-electron chi connectivity index (χ2n) is 5.68. The zero-order valence-corrected chi connectivity index (χ0v) is 16.1. The van der Waals surface area contributed by atoms with Crippen molar-refractivity contribution in [3.05, 3.63) is 33.3 Å². The molecule has 0 saturated heterocycles. The third-order valence-corrected chi connectivity index (χ3v) is 5.61. The number of benzene rings is 1. The molecule has 0 amide bonds. The summed E-state index contributed by atoms with van der Waals surface area (Å²) in [5.74, 6) is 0.663. The van der Waals surface area contributed by atoms with Gasteiger partial charge in [-0.15, -0.1) is 0 Å². The van der Waals surface area contributed by atoms with Gasteiger partial charge >= 0.3 is 0 Å². The van der Waals surface area contributed by atoms with Crippen molar-refractivity contribution in [2.75, 3.05) is 39.0 Å². The lowest BCUT2D eigenvalue weighted by Gasteiger charge is -2.20. The summed E-state index contributed by atoms with van der Waals surface area (Å²) in [6, 6.07) is 3.49. The molecule has 0 radical (unpaired) electrons. The van der Waals surface area contributed by atoms with Crippen molar-refractivity contribution in [3.63, 3.8) is 0 Å². The smallest absolute Gasteiger partial charge is 0.211 e. The van der Waals surface area contributed by atoms with Crippen LogP contribution >= 0.6 is 23.2 Å². The normalized spacial score (nSPS) is 14.3. The minimum Gasteiger partial charge on any atom is -0.487 e. The second kappa shape index (κ2) is 8.54. The van der Waals surface area contributed by atoms with Crippen LogP contribution in [0.1, 0.15) is 18.9 Å². The Kier molecular flexibility index (Phi) is 6.95. The molecular formula is C16H22Cl2N2O3S. The van der Waals surface area contributed by atoms with Gasteiger partial charge in [-0.3, -0.25) is 0 Å². The first-order chi connectivity index (χ1) is 11.3. The van der Waals surface area contributed by atoms with Crippen LogP contribution in [0.3, 0.4) is 0 Å². The molecule has 0 aromatic heterocycles. The summed E-state index contributed by atoms with van der Waals surface area (Å²) in [7, 11) is -3.12. The third kappa shape index (κ3) is 5.36. The zero-order chi connectivity index (χ0) is 17.7. The lowest BCUT2D eigenvalue weighted by Crippen LogP contribution is -2.32. The Balaban J connectivity index is 1.82. The van der Waals surface area contributed by atoms with Crippen LogP contribution in [-0.2, 0) is 10.0 Å². The fraction of sp³-hybridized carbons (Fsp3) is 0.500. The van der Waals surface area contributed by atoms with Crippen LogP contribution in [0.5, 0.6) is 5.75 Å². The van der Waals surface area contributed by atoms with Crippen LogP contribution in [0.25, 0.3) is 6.08 Å². The van der Waals surface area contributed by atoms with Gasteiger partial charge in [0.2, 0.25) is 10.0 Å². The number of sulfonamides is 1. The van der Waals surface area contributed by atoms with E-state index in [0.717, 1.165) is 24.1 Å². The monoisotopic (exact) mass is 392 g/mol. The summed E-state index contributed by atoms with van der Waals surface area (Å²) in [5, 5.41) is 4.40. The number of nitrogens with zero attached hydrogens (tertiary/aromatic N) is 1. The quantitative estimate of drug-likeness (QED) is 0.690. The highest BCUT2D eigenvalue weighted by Crippen LogP contribution is 2.36. The topological polar surface area (TPSA) is 58.6 Å². The van der Waals surface area contributed by atoms with Gasteiger partial charge < -0.3 is 10.1 Å². The molecule has 0 fully saturated rings. The highest BCUT2D eigenvalue weighted by atomic mass is 35.5. The third-order valence-electron chi connectivity index (χ3n) is 3.73. The Morgan fingerprint density at radius 1 is 1.33 bits per heavy atom. The van der Waals surface area contributed by atoms with Gasteiger partial charge in [0, 0.05) is 30.2 Å². The molecule has 1 N–H and O–H groups in total. The fourth-order valence-electron chi connectivity index (χ4n) is 2.56. The van der Waals surface area contributed by atoms with Crippen LogP contribution in [0, 0.1) is 0 Å². The van der Waals surface area contributed by atoms with Gasteiger partial charge in [0.15, 0.2) is 0 Å². The van der Waals surface area contributed by atoms with E-state index in [1.165, 1.54) is 10.6 Å². The van der Waals surface area contributed by atoms with Gasteiger partial charge in [-0.1, -0.05) is 30.1 Å². The number of rotatable bonds is 8. The molecule has 0 spiro atoms. The molecule has 1 heterocycles. The van der Waals surface area contributed by atoms with E-state index in [9.17, 15) is 8.42 Å². The number of hydrogen-bond acceptors (Lipinski definition) is 4. The summed E-state index contributed by atoms with van der Waals surface area (Å²) in [4.78, 5) is 0. The van der Waals surface area contributed by atoms with Crippen molar-refractivity contribution in [1.29, 1.82) is 0 Å². The molecule has 2 rings (SSSR count). The molecule has 0 aliphatic carbocycles. The van der Waals surface area contributed by atoms with Gasteiger partial charge in [0.1, 0.15) is 12.4 Å². The SMILES string of the molecule is CCN(CCCNCC1=Cc2cc(Cl)cc(Cl)c2OC1)S(C)(=O)=O. The Morgan fingerprint density at radius 2 is 2.08 bits per heavy atom. The molecule has 0 unspecified atom stereocenters. The molecule has 1 aromatic rings. The van der Waals surface area contributed by atoms with E-state index in [-0.39, 0.29) is 0 Å². The standard InChI is InChI=1S/C16H22Cl2N2O3S/c1-3-20(24(2,21)22)6-4-5-19-10-12-7-13-8-14(17)9-15(18)16(13)23-11-12/h7-9,19H,3-6,10-11H2,1-2H3. The first-order valence-electron chi connectivity index (χ1n) is 7.78. The molecule has 0 saturated carbocycles. The highest BCUT2D eigenvalue weighted by Gasteiger charge is 2.16. The minimum atomic E-state index is -3.12. The summed E-state index contributed by atoms with van der Waals surface area (Å²) in [6.07, 6.45) is 4.02. The first kappa shape index (κ1) is 19.5. The molecule has 8 heteroatoms. The van der Waals surface area contributed by atoms with Crippen molar-refractivity contribution < 1.29 is 13.2 Å². The van der Waals surface area contributed by atoms with Crippen molar-refractivity contribution in [3.8, 4) is 5.75 Å². The van der Waals surface area contributed by atoms with Gasteiger partial charge in [-0.05, 0) is 36.7 Å². The van der Waals surface area contributed by atoms with Crippen LogP contribution in [0.15, 0.2) is 17.7 Å². The van der Waals surface area contributed by atoms with E-state index in [0.29, 0.717) is 42.0 Å². The van der Waals surface area contributed by atoms with Gasteiger partial charge in [0.05, 0.1) is 11.3 Å². The summed E-state index contributed by atoms with van der Waals surface area (Å²) >= 11 is 12.1. The van der Waals surface area contributed by atoms with Crippen LogP contribution < -0.4 is 10.1 Å². The summed E-state index contributed by atoms with van der Waals surface area (Å²) in [6.45, 7) is 4.74. The number of ether oxygens (including phenoxy) is 1. The fourth-order valence-corrected chi connectivity index (χ4v) is 4.05. The Labute approximate surface area is 153 Å². The highest BCUT2D eigenvalue weighted by molar-refractivity contribution is 7.88. The summed E-state index contributed by atoms with van der Waals surface area (Å²) in [5.41, 5.74) is 1.97. The zero-order valence-electron chi connectivity index (χ0n) is 13.8. The van der Waals surface area contributed by atoms with Crippen LogP contribution in [0.4, 0.5) is 0 Å². The van der Waals surface area contributed by atoms with Gasteiger partial charge in [0.25, 0.3) is 0 Å². The Hall–Kier alpha value is -0.790. The number of halogens is 2. The van der Waals surface area contributed by atoms with E-state index in [1.807, 2.05) is 19.1 Å². The van der Waals surface area contributed by atoms with Crippen molar-refractivity contribution in [2.24, 2.45) is 0 Å². The maximum atomic E-state index is 11.5. The molecule has 5 nitrogen and oxygen atoms in total. The van der Waals surface area contributed by atoms with E-state index in [2.05, 4.69) is 5.32 Å². The second-order valence-corrected chi connectivity index (χ2v) is 8.51.